The number of hydrogen-bond donors (Lipinski definition) is 3. The van der Waals surface area contributed by atoms with Crippen LogP contribution in [0.1, 0.15) is 45.6 Å². The van der Waals surface area contributed by atoms with E-state index in [2.05, 4.69) is 10.6 Å². The van der Waals surface area contributed by atoms with Crippen LogP contribution in [0.2, 0.25) is 0 Å². The Balaban J connectivity index is 1.79. The number of carbonyl (C=O) groups is 2. The lowest BCUT2D eigenvalue weighted by Crippen LogP contribution is -2.55. The first-order chi connectivity index (χ1) is 12.2. The van der Waals surface area contributed by atoms with Gasteiger partial charge in [-0.15, -0.1) is 0 Å². The van der Waals surface area contributed by atoms with Gasteiger partial charge in [0.15, 0.2) is 0 Å². The van der Waals surface area contributed by atoms with Crippen molar-refractivity contribution in [2.45, 2.75) is 70.4 Å². The first-order valence-electron chi connectivity index (χ1n) is 8.95. The van der Waals surface area contributed by atoms with E-state index >= 15 is 0 Å². The van der Waals surface area contributed by atoms with E-state index in [1.807, 2.05) is 30.3 Å². The molecule has 0 bridgehead atoms. The van der Waals surface area contributed by atoms with E-state index in [1.165, 1.54) is 0 Å². The number of carbonyl (C=O) groups excluding carboxylic acids is 2. The molecule has 0 aliphatic heterocycles. The maximum Gasteiger partial charge on any atom is 0.407 e. The Bertz CT molecular complexity index is 601. The van der Waals surface area contributed by atoms with Crippen molar-refractivity contribution in [1.82, 2.24) is 10.6 Å². The fourth-order valence-electron chi connectivity index (χ4n) is 2.88. The summed E-state index contributed by atoms with van der Waals surface area (Å²) in [5.74, 6) is 0. The van der Waals surface area contributed by atoms with Gasteiger partial charge in [-0.25, -0.2) is 9.59 Å². The van der Waals surface area contributed by atoms with Gasteiger partial charge in [0.1, 0.15) is 12.2 Å². The van der Waals surface area contributed by atoms with Crippen LogP contribution < -0.4 is 16.4 Å². The Hall–Kier alpha value is -2.28. The third-order valence-corrected chi connectivity index (χ3v) is 4.14. The number of nitrogens with two attached hydrogens (primary N) is 1. The highest BCUT2D eigenvalue weighted by Crippen LogP contribution is 2.19. The molecule has 26 heavy (non-hydrogen) atoms. The predicted octanol–water partition coefficient (Wildman–Crippen LogP) is 2.69. The summed E-state index contributed by atoms with van der Waals surface area (Å²) < 4.78 is 10.5. The van der Waals surface area contributed by atoms with Crippen LogP contribution in [0.15, 0.2) is 30.3 Å². The van der Waals surface area contributed by atoms with Gasteiger partial charge in [0.25, 0.3) is 0 Å². The van der Waals surface area contributed by atoms with E-state index in [0.717, 1.165) is 12.0 Å². The molecule has 1 fully saturated rings. The summed E-state index contributed by atoms with van der Waals surface area (Å²) in [4.78, 5) is 24.0. The third-order valence-electron chi connectivity index (χ3n) is 4.14. The lowest BCUT2D eigenvalue weighted by atomic mass is 9.87. The predicted molar refractivity (Wildman–Crippen MR) is 98.5 cm³/mol. The number of ether oxygens (including phenoxy) is 2. The number of hydrogen-bond acceptors (Lipinski definition) is 5. The first kappa shape index (κ1) is 20.0. The standard InChI is InChI=1S/C19H29N3O4/c1-19(2,3)26-18(24)22-16-11-14(9-10-15(16)20)21-17(23)25-12-13-7-5-4-6-8-13/h4-8,14-16H,9-12,20H2,1-3H3,(H,21,23)(H,22,24). The molecule has 1 aromatic rings. The Labute approximate surface area is 154 Å². The topological polar surface area (TPSA) is 103 Å². The van der Waals surface area contributed by atoms with E-state index < -0.39 is 17.8 Å². The lowest BCUT2D eigenvalue weighted by Gasteiger charge is -2.35. The smallest absolute Gasteiger partial charge is 0.407 e. The van der Waals surface area contributed by atoms with Crippen LogP contribution in [0.3, 0.4) is 0 Å². The average Bonchev–Trinajstić information content (AvgIpc) is 2.55. The zero-order valence-electron chi connectivity index (χ0n) is 15.7. The molecule has 0 radical (unpaired) electrons. The first-order valence-corrected chi connectivity index (χ1v) is 8.95. The minimum Gasteiger partial charge on any atom is -0.445 e. The van der Waals surface area contributed by atoms with Crippen LogP contribution in [0, 0.1) is 0 Å². The number of benzene rings is 1. The molecule has 1 aliphatic rings. The van der Waals surface area contributed by atoms with Crippen LogP contribution in [0.4, 0.5) is 9.59 Å². The van der Waals surface area contributed by atoms with E-state index in [-0.39, 0.29) is 24.7 Å². The second-order valence-electron chi connectivity index (χ2n) is 7.63. The molecule has 2 rings (SSSR count). The van der Waals surface area contributed by atoms with E-state index in [0.29, 0.717) is 12.8 Å². The molecule has 3 unspecified atom stereocenters. The van der Waals surface area contributed by atoms with Crippen molar-refractivity contribution in [3.05, 3.63) is 35.9 Å². The normalized spacial score (nSPS) is 23.0. The van der Waals surface area contributed by atoms with Crippen molar-refractivity contribution in [2.24, 2.45) is 5.73 Å². The van der Waals surface area contributed by atoms with Gasteiger partial charge in [-0.2, -0.15) is 0 Å². The molecule has 0 saturated heterocycles. The van der Waals surface area contributed by atoms with Gasteiger partial charge in [0, 0.05) is 18.1 Å². The highest BCUT2D eigenvalue weighted by Gasteiger charge is 2.31. The maximum absolute atomic E-state index is 12.0. The minimum atomic E-state index is -0.568. The summed E-state index contributed by atoms with van der Waals surface area (Å²) in [5.41, 5.74) is 6.47. The Kier molecular flexibility index (Phi) is 6.85. The maximum atomic E-state index is 12.0. The van der Waals surface area contributed by atoms with Crippen LogP contribution in [-0.4, -0.2) is 35.9 Å². The summed E-state index contributed by atoms with van der Waals surface area (Å²) in [5, 5.41) is 5.66. The fourth-order valence-corrected chi connectivity index (χ4v) is 2.88. The van der Waals surface area contributed by atoms with E-state index in [4.69, 9.17) is 15.2 Å². The van der Waals surface area contributed by atoms with Gasteiger partial charge in [0.2, 0.25) is 0 Å². The van der Waals surface area contributed by atoms with Crippen LogP contribution in [0.5, 0.6) is 0 Å². The van der Waals surface area contributed by atoms with Gasteiger partial charge in [-0.1, -0.05) is 30.3 Å². The van der Waals surface area contributed by atoms with Crippen molar-refractivity contribution >= 4 is 12.2 Å². The highest BCUT2D eigenvalue weighted by molar-refractivity contribution is 5.69. The summed E-state index contributed by atoms with van der Waals surface area (Å²) in [7, 11) is 0. The van der Waals surface area contributed by atoms with Crippen LogP contribution in [-0.2, 0) is 16.1 Å². The molecule has 1 aromatic carbocycles. The molecular weight excluding hydrogens is 334 g/mol. The van der Waals surface area contributed by atoms with Crippen LogP contribution in [0.25, 0.3) is 0 Å². The molecule has 2 amide bonds. The summed E-state index contributed by atoms with van der Waals surface area (Å²) >= 11 is 0. The Morgan fingerprint density at radius 2 is 1.81 bits per heavy atom. The largest absolute Gasteiger partial charge is 0.445 e. The number of rotatable bonds is 4. The number of nitrogens with one attached hydrogen (secondary N) is 2. The monoisotopic (exact) mass is 363 g/mol. The lowest BCUT2D eigenvalue weighted by molar-refractivity contribution is 0.0480. The molecular formula is C19H29N3O4. The molecule has 1 aliphatic carbocycles. The van der Waals surface area contributed by atoms with Gasteiger partial charge < -0.3 is 25.8 Å². The summed E-state index contributed by atoms with van der Waals surface area (Å²) in [6.07, 6.45) is 1.02. The molecule has 4 N–H and O–H groups in total. The quantitative estimate of drug-likeness (QED) is 0.763. The van der Waals surface area contributed by atoms with Crippen molar-refractivity contribution in [2.75, 3.05) is 0 Å². The highest BCUT2D eigenvalue weighted by atomic mass is 16.6. The van der Waals surface area contributed by atoms with Crippen molar-refractivity contribution in [3.63, 3.8) is 0 Å². The number of amides is 2. The molecule has 0 heterocycles. The minimum absolute atomic E-state index is 0.0991. The molecule has 0 aromatic heterocycles. The van der Waals surface area contributed by atoms with Crippen molar-refractivity contribution in [1.29, 1.82) is 0 Å². The van der Waals surface area contributed by atoms with Gasteiger partial charge in [0.05, 0.1) is 0 Å². The van der Waals surface area contributed by atoms with E-state index in [9.17, 15) is 9.59 Å². The third kappa shape index (κ3) is 6.92. The van der Waals surface area contributed by atoms with Crippen molar-refractivity contribution in [3.8, 4) is 0 Å². The zero-order valence-corrected chi connectivity index (χ0v) is 15.7. The SMILES string of the molecule is CC(C)(C)OC(=O)NC1CC(NC(=O)OCc2ccccc2)CCC1N. The molecule has 1 saturated carbocycles. The molecule has 7 nitrogen and oxygen atoms in total. The van der Waals surface area contributed by atoms with E-state index in [1.54, 1.807) is 20.8 Å². The number of alkyl carbamates (subject to hydrolysis) is 2. The second-order valence-corrected chi connectivity index (χ2v) is 7.63. The Morgan fingerprint density at radius 3 is 2.46 bits per heavy atom. The zero-order chi connectivity index (χ0) is 19.2. The second kappa shape index (κ2) is 8.89. The molecule has 7 heteroatoms. The van der Waals surface area contributed by atoms with Gasteiger partial charge >= 0.3 is 12.2 Å². The van der Waals surface area contributed by atoms with Gasteiger partial charge in [-0.05, 0) is 45.6 Å². The fraction of sp³-hybridized carbons (Fsp3) is 0.579. The summed E-state index contributed by atoms with van der Waals surface area (Å²) in [6, 6.07) is 8.98. The molecule has 3 atom stereocenters. The molecule has 144 valence electrons. The van der Waals surface area contributed by atoms with Crippen LogP contribution >= 0.6 is 0 Å². The Morgan fingerprint density at radius 1 is 1.12 bits per heavy atom. The van der Waals surface area contributed by atoms with Gasteiger partial charge in [-0.3, -0.25) is 0 Å². The average molecular weight is 363 g/mol. The summed E-state index contributed by atoms with van der Waals surface area (Å²) in [6.45, 7) is 5.64. The molecule has 0 spiro atoms. The van der Waals surface area contributed by atoms with Crippen molar-refractivity contribution < 1.29 is 19.1 Å².